The number of hydrogen-bond acceptors (Lipinski definition) is 5. The minimum absolute atomic E-state index is 0.186. The third-order valence-electron chi connectivity index (χ3n) is 2.23. The van der Waals surface area contributed by atoms with Crippen LogP contribution in [0.3, 0.4) is 0 Å². The van der Waals surface area contributed by atoms with Gasteiger partial charge in [0, 0.05) is 5.56 Å². The fourth-order valence-electron chi connectivity index (χ4n) is 1.33. The van der Waals surface area contributed by atoms with Crippen molar-refractivity contribution in [1.29, 1.82) is 0 Å². The van der Waals surface area contributed by atoms with Gasteiger partial charge in [0.05, 0.1) is 4.92 Å². The minimum atomic E-state index is -0.701. The summed E-state index contributed by atoms with van der Waals surface area (Å²) in [6.07, 6.45) is 0.937. The molecule has 2 aromatic rings. The lowest BCUT2D eigenvalue weighted by molar-refractivity contribution is -0.386. The molecule has 98 valence electrons. The Morgan fingerprint density at radius 2 is 2.16 bits per heavy atom. The van der Waals surface area contributed by atoms with E-state index in [2.05, 4.69) is 9.97 Å². The van der Waals surface area contributed by atoms with Crippen LogP contribution in [0.5, 0.6) is 5.88 Å². The summed E-state index contributed by atoms with van der Waals surface area (Å²) in [7, 11) is 0. The van der Waals surface area contributed by atoms with Gasteiger partial charge in [-0.2, -0.15) is 4.98 Å². The highest BCUT2D eigenvalue weighted by atomic mass is 35.5. The fourth-order valence-corrected chi connectivity index (χ4v) is 1.46. The van der Waals surface area contributed by atoms with E-state index < -0.39 is 16.4 Å². The summed E-state index contributed by atoms with van der Waals surface area (Å²) in [5.41, 5.74) is -0.174. The molecule has 1 aromatic heterocycles. The predicted octanol–water partition coefficient (Wildman–Crippen LogP) is 2.76. The van der Waals surface area contributed by atoms with Crippen LogP contribution >= 0.6 is 11.6 Å². The second-order valence-corrected chi connectivity index (χ2v) is 3.80. The second kappa shape index (κ2) is 5.57. The van der Waals surface area contributed by atoms with Crippen molar-refractivity contribution in [2.75, 3.05) is 0 Å². The molecule has 0 radical (unpaired) electrons. The molecule has 0 saturated heterocycles. The van der Waals surface area contributed by atoms with E-state index in [9.17, 15) is 14.5 Å². The van der Waals surface area contributed by atoms with Crippen molar-refractivity contribution in [2.45, 2.75) is 6.61 Å². The van der Waals surface area contributed by atoms with Gasteiger partial charge in [0.2, 0.25) is 5.28 Å². The summed E-state index contributed by atoms with van der Waals surface area (Å²) in [6.45, 7) is -0.194. The van der Waals surface area contributed by atoms with Crippen molar-refractivity contribution in [3.8, 4) is 5.88 Å². The van der Waals surface area contributed by atoms with E-state index >= 15 is 0 Å². The van der Waals surface area contributed by atoms with E-state index in [1.165, 1.54) is 18.2 Å². The van der Waals surface area contributed by atoms with Crippen molar-refractivity contribution >= 4 is 17.3 Å². The predicted molar refractivity (Wildman–Crippen MR) is 64.4 cm³/mol. The molecule has 1 aromatic carbocycles. The summed E-state index contributed by atoms with van der Waals surface area (Å²) in [6, 6.07) is 5.93. The Labute approximate surface area is 112 Å². The Hall–Kier alpha value is -2.28. The number of nitrogens with zero attached hydrogens (tertiary/aromatic N) is 3. The van der Waals surface area contributed by atoms with Crippen LogP contribution in [0.2, 0.25) is 5.28 Å². The molecule has 0 aliphatic carbocycles. The van der Waals surface area contributed by atoms with Gasteiger partial charge in [-0.15, -0.1) is 0 Å². The van der Waals surface area contributed by atoms with Gasteiger partial charge < -0.3 is 4.74 Å². The zero-order valence-electron chi connectivity index (χ0n) is 9.42. The van der Waals surface area contributed by atoms with Crippen LogP contribution in [0.1, 0.15) is 5.56 Å². The summed E-state index contributed by atoms with van der Waals surface area (Å²) < 4.78 is 18.5. The number of halogens is 2. The van der Waals surface area contributed by atoms with Crippen molar-refractivity contribution in [1.82, 2.24) is 9.97 Å². The monoisotopic (exact) mass is 283 g/mol. The van der Waals surface area contributed by atoms with Gasteiger partial charge in [-0.1, -0.05) is 18.2 Å². The molecule has 0 saturated carbocycles. The molecule has 0 spiro atoms. The average molecular weight is 284 g/mol. The highest BCUT2D eigenvalue weighted by Crippen LogP contribution is 2.25. The van der Waals surface area contributed by atoms with Crippen molar-refractivity contribution in [3.63, 3.8) is 0 Å². The van der Waals surface area contributed by atoms with Gasteiger partial charge in [0.25, 0.3) is 5.88 Å². The normalized spacial score (nSPS) is 10.2. The fraction of sp³-hybridized carbons (Fsp3) is 0.0909. The standard InChI is InChI=1S/C11H7ClFN3O3/c12-11-14-5-9(16(17)18)10(15-11)19-6-7-3-1-2-4-8(7)13/h1-5H,6H2. The number of benzene rings is 1. The molecule has 0 aliphatic heterocycles. The summed E-state index contributed by atoms with van der Waals surface area (Å²) in [4.78, 5) is 17.1. The average Bonchev–Trinajstić information content (AvgIpc) is 2.37. The first-order chi connectivity index (χ1) is 9.08. The zero-order chi connectivity index (χ0) is 13.8. The van der Waals surface area contributed by atoms with Crippen LogP contribution in [0.15, 0.2) is 30.5 Å². The number of ether oxygens (including phenoxy) is 1. The molecule has 0 atom stereocenters. The molecule has 19 heavy (non-hydrogen) atoms. The van der Waals surface area contributed by atoms with Crippen LogP contribution in [-0.2, 0) is 6.61 Å². The zero-order valence-corrected chi connectivity index (χ0v) is 10.2. The van der Waals surface area contributed by atoms with Crippen LogP contribution in [0, 0.1) is 15.9 Å². The summed E-state index contributed by atoms with van der Waals surface area (Å²) in [5.74, 6) is -0.765. The van der Waals surface area contributed by atoms with Gasteiger partial charge >= 0.3 is 5.69 Å². The second-order valence-electron chi connectivity index (χ2n) is 3.47. The third kappa shape index (κ3) is 3.14. The topological polar surface area (TPSA) is 78.2 Å². The molecule has 0 fully saturated rings. The quantitative estimate of drug-likeness (QED) is 0.490. The van der Waals surface area contributed by atoms with Crippen LogP contribution in [0.4, 0.5) is 10.1 Å². The third-order valence-corrected chi connectivity index (χ3v) is 2.41. The molecule has 0 bridgehead atoms. The lowest BCUT2D eigenvalue weighted by Crippen LogP contribution is -2.03. The maximum Gasteiger partial charge on any atom is 0.349 e. The smallest absolute Gasteiger partial charge is 0.349 e. The van der Waals surface area contributed by atoms with Gasteiger partial charge in [0.1, 0.15) is 18.6 Å². The number of aromatic nitrogens is 2. The van der Waals surface area contributed by atoms with Crippen LogP contribution < -0.4 is 4.74 Å². The molecular weight excluding hydrogens is 277 g/mol. The Balaban J connectivity index is 2.22. The number of nitro groups is 1. The maximum atomic E-state index is 13.4. The first-order valence-electron chi connectivity index (χ1n) is 5.11. The Kier molecular flexibility index (Phi) is 3.86. The summed E-state index contributed by atoms with van der Waals surface area (Å²) >= 11 is 5.54. The van der Waals surface area contributed by atoms with Crippen molar-refractivity contribution < 1.29 is 14.1 Å². The molecule has 0 N–H and O–H groups in total. The Bertz CT molecular complexity index is 624. The first-order valence-corrected chi connectivity index (χ1v) is 5.49. The molecule has 6 nitrogen and oxygen atoms in total. The van der Waals surface area contributed by atoms with E-state index in [1.54, 1.807) is 6.07 Å². The Morgan fingerprint density at radius 1 is 1.42 bits per heavy atom. The highest BCUT2D eigenvalue weighted by Gasteiger charge is 2.19. The largest absolute Gasteiger partial charge is 0.468 e. The SMILES string of the molecule is O=[N+]([O-])c1cnc(Cl)nc1OCc1ccccc1F. The lowest BCUT2D eigenvalue weighted by Gasteiger charge is -2.06. The van der Waals surface area contributed by atoms with Crippen molar-refractivity contribution in [2.24, 2.45) is 0 Å². The molecule has 0 aliphatic rings. The maximum absolute atomic E-state index is 13.4. The summed E-state index contributed by atoms with van der Waals surface area (Å²) in [5, 5.41) is 10.6. The first kappa shape index (κ1) is 13.2. The minimum Gasteiger partial charge on any atom is -0.468 e. The molecule has 2 rings (SSSR count). The Morgan fingerprint density at radius 3 is 2.84 bits per heavy atom. The lowest BCUT2D eigenvalue weighted by atomic mass is 10.2. The van der Waals surface area contributed by atoms with E-state index in [4.69, 9.17) is 16.3 Å². The van der Waals surface area contributed by atoms with Crippen LogP contribution in [-0.4, -0.2) is 14.9 Å². The van der Waals surface area contributed by atoms with E-state index in [0.717, 1.165) is 6.20 Å². The van der Waals surface area contributed by atoms with Crippen molar-refractivity contribution in [3.05, 3.63) is 57.2 Å². The van der Waals surface area contributed by atoms with Gasteiger partial charge in [-0.25, -0.2) is 9.37 Å². The molecular formula is C11H7ClFN3O3. The van der Waals surface area contributed by atoms with Crippen LogP contribution in [0.25, 0.3) is 0 Å². The van der Waals surface area contributed by atoms with E-state index in [0.29, 0.717) is 0 Å². The highest BCUT2D eigenvalue weighted by molar-refractivity contribution is 6.28. The van der Waals surface area contributed by atoms with E-state index in [1.807, 2.05) is 0 Å². The van der Waals surface area contributed by atoms with Gasteiger partial charge in [-0.05, 0) is 17.7 Å². The van der Waals surface area contributed by atoms with Gasteiger partial charge in [0.15, 0.2) is 0 Å². The molecule has 8 heteroatoms. The van der Waals surface area contributed by atoms with Gasteiger partial charge in [-0.3, -0.25) is 10.1 Å². The van der Waals surface area contributed by atoms with E-state index in [-0.39, 0.29) is 23.3 Å². The number of rotatable bonds is 4. The molecule has 0 amide bonds. The molecule has 1 heterocycles. The molecule has 0 unspecified atom stereocenters. The number of hydrogen-bond donors (Lipinski definition) is 0.